The lowest BCUT2D eigenvalue weighted by molar-refractivity contribution is -0.122. The minimum atomic E-state index is -0.217. The van der Waals surface area contributed by atoms with E-state index in [1.165, 1.54) is 31.2 Å². The molecule has 3 rings (SSSR count). The Bertz CT molecular complexity index is 497. The molecule has 0 spiro atoms. The monoisotopic (exact) mass is 302 g/mol. The van der Waals surface area contributed by atoms with Gasteiger partial charge in [0.2, 0.25) is 5.91 Å². The van der Waals surface area contributed by atoms with Crippen molar-refractivity contribution in [3.8, 4) is 5.75 Å². The first-order valence-electron chi connectivity index (χ1n) is 8.45. The third-order valence-corrected chi connectivity index (χ3v) is 4.86. The summed E-state index contributed by atoms with van der Waals surface area (Å²) in [4.78, 5) is 12.2. The largest absolute Gasteiger partial charge is 0.489 e. The number of carbonyl (C=O) groups is 1. The highest BCUT2D eigenvalue weighted by molar-refractivity contribution is 5.76. The average molecular weight is 302 g/mol. The lowest BCUT2D eigenvalue weighted by Crippen LogP contribution is -2.50. The van der Waals surface area contributed by atoms with Crippen LogP contribution in [0.25, 0.3) is 0 Å². The van der Waals surface area contributed by atoms with Gasteiger partial charge in [-0.1, -0.05) is 43.9 Å². The number of nitrogens with two attached hydrogens (primary N) is 1. The maximum atomic E-state index is 12.2. The van der Waals surface area contributed by atoms with E-state index < -0.39 is 0 Å². The van der Waals surface area contributed by atoms with Crippen molar-refractivity contribution >= 4 is 5.91 Å². The molecule has 0 bridgehead atoms. The van der Waals surface area contributed by atoms with E-state index in [4.69, 9.17) is 10.5 Å². The first kappa shape index (κ1) is 15.3. The van der Waals surface area contributed by atoms with Crippen molar-refractivity contribution < 1.29 is 9.53 Å². The molecular formula is C18H26N2O2. The molecule has 1 heterocycles. The molecule has 1 aromatic carbocycles. The summed E-state index contributed by atoms with van der Waals surface area (Å²) < 4.78 is 5.82. The van der Waals surface area contributed by atoms with Crippen LogP contribution in [0.2, 0.25) is 0 Å². The molecular weight excluding hydrogens is 276 g/mol. The van der Waals surface area contributed by atoms with Crippen molar-refractivity contribution in [2.75, 3.05) is 6.54 Å². The first-order chi connectivity index (χ1) is 10.6. The third kappa shape index (κ3) is 3.80. The van der Waals surface area contributed by atoms with E-state index in [-0.39, 0.29) is 17.6 Å². The SMILES string of the molecule is NC1(CNC(=O)C[C@H]2Cc3ccccc3O2)CCCCCC1. The maximum absolute atomic E-state index is 12.2. The van der Waals surface area contributed by atoms with Gasteiger partial charge in [0.05, 0.1) is 6.42 Å². The fraction of sp³-hybridized carbons (Fsp3) is 0.611. The highest BCUT2D eigenvalue weighted by Gasteiger charge is 2.28. The zero-order valence-electron chi connectivity index (χ0n) is 13.1. The molecule has 0 radical (unpaired) electrons. The minimum Gasteiger partial charge on any atom is -0.489 e. The van der Waals surface area contributed by atoms with Crippen molar-refractivity contribution in [1.29, 1.82) is 0 Å². The Morgan fingerprint density at radius 2 is 1.95 bits per heavy atom. The normalized spacial score (nSPS) is 23.2. The Balaban J connectivity index is 1.45. The summed E-state index contributed by atoms with van der Waals surface area (Å²) in [5.74, 6) is 0.964. The number of ether oxygens (including phenoxy) is 1. The number of hydrogen-bond acceptors (Lipinski definition) is 3. The fourth-order valence-corrected chi connectivity index (χ4v) is 3.53. The van der Waals surface area contributed by atoms with Gasteiger partial charge in [-0.15, -0.1) is 0 Å². The smallest absolute Gasteiger partial charge is 0.223 e. The number of hydrogen-bond donors (Lipinski definition) is 2. The quantitative estimate of drug-likeness (QED) is 0.840. The predicted molar refractivity (Wildman–Crippen MR) is 86.8 cm³/mol. The lowest BCUT2D eigenvalue weighted by atomic mass is 9.91. The molecule has 1 fully saturated rings. The molecule has 4 nitrogen and oxygen atoms in total. The molecule has 1 aliphatic carbocycles. The Kier molecular flexibility index (Phi) is 4.67. The standard InChI is InChI=1S/C18H26N2O2/c19-18(9-5-1-2-6-10-18)13-20-17(21)12-15-11-14-7-3-4-8-16(14)22-15/h3-4,7-8,15H,1-2,5-6,9-13,19H2,(H,20,21)/t15-/m1/s1. The average Bonchev–Trinajstić information content (AvgIpc) is 2.78. The van der Waals surface area contributed by atoms with Crippen LogP contribution in [0.5, 0.6) is 5.75 Å². The lowest BCUT2D eigenvalue weighted by Gasteiger charge is -2.28. The summed E-state index contributed by atoms with van der Waals surface area (Å²) in [5.41, 5.74) is 7.42. The predicted octanol–water partition coefficient (Wildman–Crippen LogP) is 2.55. The van der Waals surface area contributed by atoms with Crippen LogP contribution in [0.3, 0.4) is 0 Å². The van der Waals surface area contributed by atoms with Crippen molar-refractivity contribution in [3.63, 3.8) is 0 Å². The number of fused-ring (bicyclic) bond motifs is 1. The van der Waals surface area contributed by atoms with Gasteiger partial charge in [0.15, 0.2) is 0 Å². The van der Waals surface area contributed by atoms with Gasteiger partial charge in [-0.05, 0) is 24.5 Å². The van der Waals surface area contributed by atoms with Gasteiger partial charge in [0.1, 0.15) is 11.9 Å². The van der Waals surface area contributed by atoms with Crippen molar-refractivity contribution in [3.05, 3.63) is 29.8 Å². The molecule has 0 saturated heterocycles. The van der Waals surface area contributed by atoms with Gasteiger partial charge in [-0.25, -0.2) is 0 Å². The first-order valence-corrected chi connectivity index (χ1v) is 8.45. The molecule has 3 N–H and O–H groups in total. The van der Waals surface area contributed by atoms with Crippen LogP contribution in [0.4, 0.5) is 0 Å². The van der Waals surface area contributed by atoms with Crippen LogP contribution in [-0.2, 0) is 11.2 Å². The van der Waals surface area contributed by atoms with E-state index in [2.05, 4.69) is 11.4 Å². The van der Waals surface area contributed by atoms with Crippen LogP contribution in [0.1, 0.15) is 50.5 Å². The van der Waals surface area contributed by atoms with E-state index in [1.54, 1.807) is 0 Å². The third-order valence-electron chi connectivity index (χ3n) is 4.86. The summed E-state index contributed by atoms with van der Waals surface area (Å²) in [6.07, 6.45) is 8.09. The van der Waals surface area contributed by atoms with E-state index in [0.717, 1.165) is 25.0 Å². The van der Waals surface area contributed by atoms with Gasteiger partial charge >= 0.3 is 0 Å². The second-order valence-corrected chi connectivity index (χ2v) is 6.81. The zero-order chi connectivity index (χ0) is 15.4. The van der Waals surface area contributed by atoms with Crippen LogP contribution < -0.4 is 15.8 Å². The topological polar surface area (TPSA) is 64.3 Å². The molecule has 2 aliphatic rings. The summed E-state index contributed by atoms with van der Waals surface area (Å²) in [7, 11) is 0. The highest BCUT2D eigenvalue weighted by Crippen LogP contribution is 2.29. The molecule has 0 unspecified atom stereocenters. The highest BCUT2D eigenvalue weighted by atomic mass is 16.5. The van der Waals surface area contributed by atoms with Crippen LogP contribution >= 0.6 is 0 Å². The second kappa shape index (κ2) is 6.69. The van der Waals surface area contributed by atoms with Gasteiger partial charge < -0.3 is 15.8 Å². The fourth-order valence-electron chi connectivity index (χ4n) is 3.53. The number of benzene rings is 1. The molecule has 1 atom stereocenters. The minimum absolute atomic E-state index is 0.0414. The van der Waals surface area contributed by atoms with Gasteiger partial charge in [0, 0.05) is 18.5 Å². The van der Waals surface area contributed by atoms with Gasteiger partial charge in [0.25, 0.3) is 0 Å². The molecule has 1 saturated carbocycles. The molecule has 4 heteroatoms. The van der Waals surface area contributed by atoms with Crippen LogP contribution in [0.15, 0.2) is 24.3 Å². The Morgan fingerprint density at radius 3 is 2.68 bits per heavy atom. The summed E-state index contributed by atoms with van der Waals surface area (Å²) in [6, 6.07) is 8.00. The maximum Gasteiger partial charge on any atom is 0.223 e. The number of amides is 1. The molecule has 1 aromatic rings. The Hall–Kier alpha value is -1.55. The van der Waals surface area contributed by atoms with Gasteiger partial charge in [-0.3, -0.25) is 4.79 Å². The summed E-state index contributed by atoms with van der Waals surface area (Å²) in [5, 5.41) is 3.03. The summed E-state index contributed by atoms with van der Waals surface area (Å²) >= 11 is 0. The number of nitrogens with one attached hydrogen (secondary N) is 1. The van der Waals surface area contributed by atoms with Crippen LogP contribution in [-0.4, -0.2) is 24.1 Å². The number of para-hydroxylation sites is 1. The molecule has 1 amide bonds. The van der Waals surface area contributed by atoms with Crippen molar-refractivity contribution in [1.82, 2.24) is 5.32 Å². The van der Waals surface area contributed by atoms with E-state index in [1.807, 2.05) is 18.2 Å². The van der Waals surface area contributed by atoms with Crippen molar-refractivity contribution in [2.45, 2.75) is 63.0 Å². The number of carbonyl (C=O) groups excluding carboxylic acids is 1. The second-order valence-electron chi connectivity index (χ2n) is 6.81. The molecule has 120 valence electrons. The number of rotatable bonds is 4. The summed E-state index contributed by atoms with van der Waals surface area (Å²) in [6.45, 7) is 0.589. The molecule has 1 aliphatic heterocycles. The van der Waals surface area contributed by atoms with Gasteiger partial charge in [-0.2, -0.15) is 0 Å². The Labute approximate surface area is 132 Å². The van der Waals surface area contributed by atoms with E-state index in [9.17, 15) is 4.79 Å². The van der Waals surface area contributed by atoms with E-state index >= 15 is 0 Å². The van der Waals surface area contributed by atoms with Crippen LogP contribution in [0, 0.1) is 0 Å². The zero-order valence-corrected chi connectivity index (χ0v) is 13.1. The van der Waals surface area contributed by atoms with E-state index in [0.29, 0.717) is 13.0 Å². The van der Waals surface area contributed by atoms with Crippen molar-refractivity contribution in [2.24, 2.45) is 5.73 Å². The molecule has 0 aromatic heterocycles. The molecule has 22 heavy (non-hydrogen) atoms. The Morgan fingerprint density at radius 1 is 1.23 bits per heavy atom.